The molecular weight excluding hydrogens is 268 g/mol. The Balaban J connectivity index is 2.30. The molecule has 106 valence electrons. The SMILES string of the molecule is COc1ccc(-n2ncc3ccccc32)c(OC)c1C=O. The van der Waals surface area contributed by atoms with Gasteiger partial charge in [0.05, 0.1) is 25.9 Å². The minimum Gasteiger partial charge on any atom is -0.496 e. The third-order valence-corrected chi connectivity index (χ3v) is 3.38. The molecule has 0 saturated heterocycles. The predicted molar refractivity (Wildman–Crippen MR) is 79.6 cm³/mol. The van der Waals surface area contributed by atoms with Crippen LogP contribution in [-0.2, 0) is 0 Å². The first-order valence-corrected chi connectivity index (χ1v) is 6.43. The zero-order valence-electron chi connectivity index (χ0n) is 11.7. The highest BCUT2D eigenvalue weighted by atomic mass is 16.5. The first kappa shape index (κ1) is 13.2. The molecule has 0 unspecified atom stereocenters. The van der Waals surface area contributed by atoms with Crippen LogP contribution in [0, 0.1) is 0 Å². The molecule has 5 nitrogen and oxygen atoms in total. The van der Waals surface area contributed by atoms with Gasteiger partial charge in [-0.05, 0) is 18.2 Å². The Labute approximate surface area is 121 Å². The molecule has 3 aromatic rings. The summed E-state index contributed by atoms with van der Waals surface area (Å²) >= 11 is 0. The van der Waals surface area contributed by atoms with Crippen molar-refractivity contribution in [3.8, 4) is 17.2 Å². The van der Waals surface area contributed by atoms with Gasteiger partial charge in [0, 0.05) is 5.39 Å². The van der Waals surface area contributed by atoms with Crippen molar-refractivity contribution >= 4 is 17.2 Å². The average molecular weight is 282 g/mol. The average Bonchev–Trinajstić information content (AvgIpc) is 2.97. The van der Waals surface area contributed by atoms with E-state index in [1.807, 2.05) is 30.3 Å². The Kier molecular flexibility index (Phi) is 3.31. The standard InChI is InChI=1S/C16H14N2O3/c1-20-15-8-7-14(16(21-2)12(15)10-19)18-13-6-4-3-5-11(13)9-17-18/h3-10H,1-2H3. The van der Waals surface area contributed by atoms with E-state index in [1.165, 1.54) is 14.2 Å². The number of aldehydes is 1. The van der Waals surface area contributed by atoms with Crippen molar-refractivity contribution in [3.63, 3.8) is 0 Å². The fourth-order valence-corrected chi connectivity index (χ4v) is 2.40. The van der Waals surface area contributed by atoms with Gasteiger partial charge in [-0.3, -0.25) is 4.79 Å². The second-order valence-corrected chi connectivity index (χ2v) is 4.47. The first-order valence-electron chi connectivity index (χ1n) is 6.43. The van der Waals surface area contributed by atoms with Crippen LogP contribution in [0.2, 0.25) is 0 Å². The summed E-state index contributed by atoms with van der Waals surface area (Å²) in [5, 5.41) is 5.40. The van der Waals surface area contributed by atoms with E-state index in [0.29, 0.717) is 22.7 Å². The molecule has 0 fully saturated rings. The summed E-state index contributed by atoms with van der Waals surface area (Å²) in [5.41, 5.74) is 2.01. The number of methoxy groups -OCH3 is 2. The number of para-hydroxylation sites is 1. The Bertz CT molecular complexity index is 808. The highest BCUT2D eigenvalue weighted by molar-refractivity contribution is 5.88. The summed E-state index contributed by atoms with van der Waals surface area (Å²) in [6, 6.07) is 11.4. The van der Waals surface area contributed by atoms with Crippen LogP contribution < -0.4 is 9.47 Å². The van der Waals surface area contributed by atoms with Crippen LogP contribution >= 0.6 is 0 Å². The monoisotopic (exact) mass is 282 g/mol. The molecule has 0 spiro atoms. The Hall–Kier alpha value is -2.82. The summed E-state index contributed by atoms with van der Waals surface area (Å²) in [6.07, 6.45) is 2.51. The van der Waals surface area contributed by atoms with Gasteiger partial charge in [0.2, 0.25) is 0 Å². The van der Waals surface area contributed by atoms with Gasteiger partial charge in [0.15, 0.2) is 12.0 Å². The third-order valence-electron chi connectivity index (χ3n) is 3.38. The molecule has 0 radical (unpaired) electrons. The predicted octanol–water partition coefficient (Wildman–Crippen LogP) is 2.86. The van der Waals surface area contributed by atoms with Crippen LogP contribution in [0.25, 0.3) is 16.6 Å². The molecule has 0 amide bonds. The molecule has 0 N–H and O–H groups in total. The zero-order valence-corrected chi connectivity index (χ0v) is 11.7. The van der Waals surface area contributed by atoms with E-state index in [-0.39, 0.29) is 0 Å². The number of fused-ring (bicyclic) bond motifs is 1. The normalized spacial score (nSPS) is 10.6. The molecule has 2 aromatic carbocycles. The first-order chi connectivity index (χ1) is 10.3. The molecule has 0 aliphatic rings. The molecule has 0 bridgehead atoms. The van der Waals surface area contributed by atoms with E-state index < -0.39 is 0 Å². The lowest BCUT2D eigenvalue weighted by Crippen LogP contribution is -2.04. The lowest BCUT2D eigenvalue weighted by Gasteiger charge is -2.14. The van der Waals surface area contributed by atoms with E-state index in [1.54, 1.807) is 16.9 Å². The maximum atomic E-state index is 11.4. The largest absolute Gasteiger partial charge is 0.496 e. The van der Waals surface area contributed by atoms with Crippen LogP contribution in [0.4, 0.5) is 0 Å². The molecule has 0 aliphatic carbocycles. The van der Waals surface area contributed by atoms with Gasteiger partial charge in [-0.25, -0.2) is 4.68 Å². The van der Waals surface area contributed by atoms with Gasteiger partial charge < -0.3 is 9.47 Å². The van der Waals surface area contributed by atoms with Crippen LogP contribution in [0.1, 0.15) is 10.4 Å². The van der Waals surface area contributed by atoms with E-state index in [9.17, 15) is 4.79 Å². The second-order valence-electron chi connectivity index (χ2n) is 4.47. The Morgan fingerprint density at radius 1 is 1.10 bits per heavy atom. The van der Waals surface area contributed by atoms with Crippen molar-refractivity contribution in [1.29, 1.82) is 0 Å². The van der Waals surface area contributed by atoms with Gasteiger partial charge in [0.1, 0.15) is 17.0 Å². The highest BCUT2D eigenvalue weighted by Gasteiger charge is 2.17. The molecule has 1 aromatic heterocycles. The molecule has 0 saturated carbocycles. The number of hydrogen-bond donors (Lipinski definition) is 0. The third kappa shape index (κ3) is 2.03. The van der Waals surface area contributed by atoms with Crippen molar-refractivity contribution < 1.29 is 14.3 Å². The van der Waals surface area contributed by atoms with Crippen molar-refractivity contribution in [2.45, 2.75) is 0 Å². The van der Waals surface area contributed by atoms with E-state index in [2.05, 4.69) is 5.10 Å². The molecule has 3 rings (SSSR count). The number of hydrogen-bond acceptors (Lipinski definition) is 4. The van der Waals surface area contributed by atoms with E-state index in [4.69, 9.17) is 9.47 Å². The number of carbonyl (C=O) groups excluding carboxylic acids is 1. The molecular formula is C16H14N2O3. The summed E-state index contributed by atoms with van der Waals surface area (Å²) < 4.78 is 12.4. The van der Waals surface area contributed by atoms with Gasteiger partial charge in [-0.2, -0.15) is 5.10 Å². The number of ether oxygens (including phenoxy) is 2. The Morgan fingerprint density at radius 3 is 2.62 bits per heavy atom. The van der Waals surface area contributed by atoms with Gasteiger partial charge in [-0.1, -0.05) is 18.2 Å². The van der Waals surface area contributed by atoms with Gasteiger partial charge in [0.25, 0.3) is 0 Å². The van der Waals surface area contributed by atoms with Crippen molar-refractivity contribution in [1.82, 2.24) is 9.78 Å². The number of nitrogens with zero attached hydrogens (tertiary/aromatic N) is 2. The highest BCUT2D eigenvalue weighted by Crippen LogP contribution is 2.34. The number of aromatic nitrogens is 2. The van der Waals surface area contributed by atoms with Crippen LogP contribution in [-0.4, -0.2) is 30.3 Å². The fraction of sp³-hybridized carbons (Fsp3) is 0.125. The van der Waals surface area contributed by atoms with Crippen molar-refractivity contribution in [2.24, 2.45) is 0 Å². The minimum absolute atomic E-state index is 0.372. The Morgan fingerprint density at radius 2 is 1.90 bits per heavy atom. The van der Waals surface area contributed by atoms with Crippen molar-refractivity contribution in [3.05, 3.63) is 48.2 Å². The summed E-state index contributed by atoms with van der Waals surface area (Å²) in [7, 11) is 3.04. The zero-order chi connectivity index (χ0) is 14.8. The minimum atomic E-state index is 0.372. The van der Waals surface area contributed by atoms with Crippen LogP contribution in [0.5, 0.6) is 11.5 Å². The fourth-order valence-electron chi connectivity index (χ4n) is 2.40. The smallest absolute Gasteiger partial charge is 0.158 e. The lowest BCUT2D eigenvalue weighted by atomic mass is 10.1. The van der Waals surface area contributed by atoms with Gasteiger partial charge >= 0.3 is 0 Å². The molecule has 0 atom stereocenters. The second kappa shape index (κ2) is 5.28. The quantitative estimate of drug-likeness (QED) is 0.690. The van der Waals surface area contributed by atoms with E-state index in [0.717, 1.165) is 17.2 Å². The topological polar surface area (TPSA) is 53.4 Å². The van der Waals surface area contributed by atoms with E-state index >= 15 is 0 Å². The van der Waals surface area contributed by atoms with Crippen LogP contribution in [0.3, 0.4) is 0 Å². The number of rotatable bonds is 4. The molecule has 0 aliphatic heterocycles. The number of carbonyl (C=O) groups is 1. The van der Waals surface area contributed by atoms with Crippen molar-refractivity contribution in [2.75, 3.05) is 14.2 Å². The van der Waals surface area contributed by atoms with Gasteiger partial charge in [-0.15, -0.1) is 0 Å². The summed E-state index contributed by atoms with van der Waals surface area (Å²) in [5.74, 6) is 0.917. The molecule has 21 heavy (non-hydrogen) atoms. The maximum absolute atomic E-state index is 11.4. The maximum Gasteiger partial charge on any atom is 0.158 e. The summed E-state index contributed by atoms with van der Waals surface area (Å²) in [6.45, 7) is 0. The number of benzene rings is 2. The summed E-state index contributed by atoms with van der Waals surface area (Å²) in [4.78, 5) is 11.4. The molecule has 5 heteroatoms. The van der Waals surface area contributed by atoms with Crippen LogP contribution in [0.15, 0.2) is 42.6 Å². The molecule has 1 heterocycles. The lowest BCUT2D eigenvalue weighted by molar-refractivity contribution is 0.111.